The quantitative estimate of drug-likeness (QED) is 0.118. The fourth-order valence-electron chi connectivity index (χ4n) is 5.82. The Morgan fingerprint density at radius 2 is 1.76 bits per heavy atom. The van der Waals surface area contributed by atoms with E-state index in [9.17, 15) is 18.3 Å². The predicted molar refractivity (Wildman–Crippen MR) is 190 cm³/mol. The summed E-state index contributed by atoms with van der Waals surface area (Å²) in [6.45, 7) is 13.1. The van der Waals surface area contributed by atoms with Crippen LogP contribution in [0.1, 0.15) is 79.9 Å². The molecule has 1 aliphatic carbocycles. The van der Waals surface area contributed by atoms with Gasteiger partial charge in [-0.15, -0.1) is 0 Å². The summed E-state index contributed by atoms with van der Waals surface area (Å²) in [5, 5.41) is 13.0. The summed E-state index contributed by atoms with van der Waals surface area (Å²) >= 11 is 0. The van der Waals surface area contributed by atoms with E-state index in [0.29, 0.717) is 23.5 Å². The molecule has 0 bridgehead atoms. The van der Waals surface area contributed by atoms with Crippen molar-refractivity contribution in [1.29, 1.82) is 0 Å². The Balaban J connectivity index is 1.26. The smallest absolute Gasteiger partial charge is 0.335 e. The van der Waals surface area contributed by atoms with Gasteiger partial charge in [-0.1, -0.05) is 52.0 Å². The highest BCUT2D eigenvalue weighted by atomic mass is 32.2. The van der Waals surface area contributed by atoms with Crippen LogP contribution >= 0.6 is 0 Å². The molecule has 0 radical (unpaired) electrons. The monoisotopic (exact) mass is 698 g/mol. The summed E-state index contributed by atoms with van der Waals surface area (Å²) in [7, 11) is -4.24. The number of ether oxygens (including phenoxy) is 1. The first-order chi connectivity index (χ1) is 23.6. The molecule has 1 saturated carbocycles. The highest BCUT2D eigenvalue weighted by molar-refractivity contribution is 7.92. The number of benzene rings is 2. The number of aromatic carboxylic acids is 1. The molecule has 0 saturated heterocycles. The number of furan rings is 1. The summed E-state index contributed by atoms with van der Waals surface area (Å²) in [6, 6.07) is 14.5. The molecule has 12 nitrogen and oxygen atoms in total. The zero-order valence-electron chi connectivity index (χ0n) is 29.1. The van der Waals surface area contributed by atoms with E-state index in [1.165, 1.54) is 18.2 Å². The third-order valence-electron chi connectivity index (χ3n) is 8.93. The van der Waals surface area contributed by atoms with Crippen LogP contribution in [0.2, 0.25) is 0 Å². The summed E-state index contributed by atoms with van der Waals surface area (Å²) in [6.07, 6.45) is 4.83. The second-order valence-corrected chi connectivity index (χ2v) is 16.1. The van der Waals surface area contributed by atoms with Crippen LogP contribution in [-0.2, 0) is 22.0 Å². The minimum absolute atomic E-state index is 0.0769. The molecule has 1 aliphatic rings. The highest BCUT2D eigenvalue weighted by Crippen LogP contribution is 2.49. The lowest BCUT2D eigenvalue weighted by atomic mass is 9.93. The minimum Gasteiger partial charge on any atom is -0.478 e. The van der Waals surface area contributed by atoms with Crippen LogP contribution in [0.25, 0.3) is 22.5 Å². The van der Waals surface area contributed by atoms with E-state index >= 15 is 0 Å². The first kappa shape index (κ1) is 35.0. The van der Waals surface area contributed by atoms with Crippen LogP contribution in [0.5, 0.6) is 5.88 Å². The molecule has 5 aromatic rings. The molecule has 0 amide bonds. The van der Waals surface area contributed by atoms with Crippen molar-refractivity contribution < 1.29 is 27.5 Å². The van der Waals surface area contributed by atoms with E-state index < -0.39 is 16.0 Å². The Morgan fingerprint density at radius 3 is 2.44 bits per heavy atom. The van der Waals surface area contributed by atoms with Gasteiger partial charge in [0.25, 0.3) is 10.0 Å². The summed E-state index contributed by atoms with van der Waals surface area (Å²) in [5.41, 5.74) is 5.08. The topological polar surface area (TPSA) is 169 Å². The Bertz CT molecular complexity index is 2150. The Hall–Kier alpha value is -4.88. The van der Waals surface area contributed by atoms with Crippen LogP contribution in [-0.4, -0.2) is 52.1 Å². The molecule has 262 valence electrons. The summed E-state index contributed by atoms with van der Waals surface area (Å²) < 4.78 is 41.5. The molecule has 3 heterocycles. The number of aromatic nitrogens is 4. The van der Waals surface area contributed by atoms with Gasteiger partial charge in [0.15, 0.2) is 0 Å². The maximum Gasteiger partial charge on any atom is 0.335 e. The number of carboxylic acid groups (broad SMARTS) is 1. The van der Waals surface area contributed by atoms with Crippen molar-refractivity contribution in [3.63, 3.8) is 0 Å². The van der Waals surface area contributed by atoms with Crippen LogP contribution < -0.4 is 14.8 Å². The molecule has 50 heavy (non-hydrogen) atoms. The number of hydrogen-bond acceptors (Lipinski definition) is 10. The Labute approximate surface area is 291 Å². The van der Waals surface area contributed by atoms with Crippen LogP contribution in [0, 0.1) is 19.3 Å². The van der Waals surface area contributed by atoms with E-state index in [2.05, 4.69) is 52.7 Å². The van der Waals surface area contributed by atoms with Gasteiger partial charge in [0, 0.05) is 35.7 Å². The van der Waals surface area contributed by atoms with Gasteiger partial charge in [-0.3, -0.25) is 0 Å². The number of hydrogen-bond donors (Lipinski definition) is 3. The normalized spacial score (nSPS) is 14.8. The maximum absolute atomic E-state index is 13.4. The first-order valence-corrected chi connectivity index (χ1v) is 18.0. The second kappa shape index (κ2) is 13.4. The largest absolute Gasteiger partial charge is 0.478 e. The van der Waals surface area contributed by atoms with Crippen molar-refractivity contribution in [3.05, 3.63) is 88.9 Å². The zero-order valence-corrected chi connectivity index (χ0v) is 29.9. The van der Waals surface area contributed by atoms with Gasteiger partial charge in [-0.05, 0) is 67.9 Å². The fourth-order valence-corrected chi connectivity index (χ4v) is 6.81. The molecule has 1 atom stereocenters. The van der Waals surface area contributed by atoms with Gasteiger partial charge in [0.1, 0.15) is 17.9 Å². The second-order valence-electron chi connectivity index (χ2n) is 14.4. The van der Waals surface area contributed by atoms with Crippen molar-refractivity contribution in [3.8, 4) is 17.1 Å². The van der Waals surface area contributed by atoms with E-state index in [0.717, 1.165) is 53.5 Å². The van der Waals surface area contributed by atoms with Gasteiger partial charge in [-0.2, -0.15) is 4.98 Å². The molecule has 6 rings (SSSR count). The Morgan fingerprint density at radius 1 is 1.04 bits per heavy atom. The Kier molecular flexibility index (Phi) is 9.40. The zero-order chi connectivity index (χ0) is 35.8. The van der Waals surface area contributed by atoms with Gasteiger partial charge in [0.2, 0.25) is 17.5 Å². The van der Waals surface area contributed by atoms with Crippen LogP contribution in [0.4, 0.5) is 5.95 Å². The third kappa shape index (κ3) is 8.11. The van der Waals surface area contributed by atoms with E-state index in [1.807, 2.05) is 38.1 Å². The summed E-state index contributed by atoms with van der Waals surface area (Å²) in [4.78, 5) is 29.6. The van der Waals surface area contributed by atoms with E-state index in [-0.39, 0.29) is 45.8 Å². The van der Waals surface area contributed by atoms with Gasteiger partial charge in [-0.25, -0.2) is 32.9 Å². The van der Waals surface area contributed by atoms with Gasteiger partial charge < -0.3 is 19.6 Å². The number of carboxylic acids is 1. The number of fused-ring (bicyclic) bond motifs is 1. The predicted octanol–water partition coefficient (Wildman–Crippen LogP) is 6.82. The number of carbonyl (C=O) groups is 1. The number of sulfonamides is 1. The number of rotatable bonds is 13. The molecule has 2 aromatic carbocycles. The van der Waals surface area contributed by atoms with E-state index in [1.54, 1.807) is 12.3 Å². The standard InChI is InChI=1S/C37H42N6O6S/c1-22-9-7-10-23(2)32(22)28-17-31(42-35(41-28)43-50(46,47)27-12-8-11-24(15-27)34(44)45)48-21-25(18-37(6)13-14-37)38-19-26-20-39-33-29(40-26)16-30(49-33)36(3,4)5/h7-12,15-17,20,25,38H,13-14,18-19,21H2,1-6H3,(H,44,45)(H,41,42,43)/t25-/m1/s1. The summed E-state index contributed by atoms with van der Waals surface area (Å²) in [5.74, 6) is -0.418. The van der Waals surface area contributed by atoms with Crippen molar-refractivity contribution in [1.82, 2.24) is 25.3 Å². The van der Waals surface area contributed by atoms with E-state index in [4.69, 9.17) is 14.1 Å². The number of anilines is 1. The lowest BCUT2D eigenvalue weighted by molar-refractivity contribution is 0.0696. The fraction of sp³-hybridized carbons (Fsp3) is 0.378. The van der Waals surface area contributed by atoms with Crippen LogP contribution in [0.3, 0.4) is 0 Å². The number of aryl methyl sites for hydroxylation is 2. The minimum atomic E-state index is -4.24. The molecule has 0 unspecified atom stereocenters. The third-order valence-corrected chi connectivity index (χ3v) is 10.3. The van der Waals surface area contributed by atoms with Gasteiger partial charge in [0.05, 0.1) is 28.0 Å². The van der Waals surface area contributed by atoms with Crippen molar-refractivity contribution >= 4 is 33.2 Å². The maximum atomic E-state index is 13.4. The number of nitrogens with one attached hydrogen (secondary N) is 2. The molecule has 3 aromatic heterocycles. The molecule has 13 heteroatoms. The van der Waals surface area contributed by atoms with Crippen molar-refractivity contribution in [2.45, 2.75) is 83.7 Å². The molecule has 3 N–H and O–H groups in total. The molecule has 1 fully saturated rings. The lowest BCUT2D eigenvalue weighted by Crippen LogP contribution is -2.36. The van der Waals surface area contributed by atoms with Crippen molar-refractivity contribution in [2.75, 3.05) is 11.3 Å². The van der Waals surface area contributed by atoms with Crippen molar-refractivity contribution in [2.24, 2.45) is 5.41 Å². The lowest BCUT2D eigenvalue weighted by Gasteiger charge is -2.22. The SMILES string of the molecule is Cc1cccc(C)c1-c1cc(OC[C@@H](CC2(C)CC2)NCc2cnc3oc(C(C)(C)C)cc3n2)nc(NS(=O)(=O)c2cccc(C(=O)O)c2)n1. The number of nitrogens with zero attached hydrogens (tertiary/aromatic N) is 4. The average molecular weight is 699 g/mol. The molecule has 0 aliphatic heterocycles. The molecular weight excluding hydrogens is 657 g/mol. The highest BCUT2D eigenvalue weighted by Gasteiger charge is 2.39. The first-order valence-electron chi connectivity index (χ1n) is 16.5. The van der Waals surface area contributed by atoms with Gasteiger partial charge >= 0.3 is 5.97 Å². The molecule has 0 spiro atoms. The average Bonchev–Trinajstić information content (AvgIpc) is 3.60. The molecular formula is C37H42N6O6S. The van der Waals surface area contributed by atoms with Crippen LogP contribution in [0.15, 0.2) is 70.1 Å².